The van der Waals surface area contributed by atoms with E-state index in [1.165, 1.54) is 0 Å². The summed E-state index contributed by atoms with van der Waals surface area (Å²) in [6.07, 6.45) is 0.442. The first-order valence-electron chi connectivity index (χ1n) is 7.58. The van der Waals surface area contributed by atoms with Crippen molar-refractivity contribution in [2.24, 2.45) is 5.73 Å². The fourth-order valence-corrected chi connectivity index (χ4v) is 2.55. The summed E-state index contributed by atoms with van der Waals surface area (Å²) in [5.41, 5.74) is 5.22. The highest BCUT2D eigenvalue weighted by atomic mass is 16.6. The highest BCUT2D eigenvalue weighted by Gasteiger charge is 2.36. The normalized spacial score (nSPS) is 20.6. The average Bonchev–Trinajstić information content (AvgIpc) is 2.75. The maximum absolute atomic E-state index is 12.2. The summed E-state index contributed by atoms with van der Waals surface area (Å²) in [6, 6.07) is -0.453. The van der Waals surface area contributed by atoms with Gasteiger partial charge in [0.05, 0.1) is 12.1 Å². The summed E-state index contributed by atoms with van der Waals surface area (Å²) in [7, 11) is 0. The van der Waals surface area contributed by atoms with Crippen molar-refractivity contribution in [1.82, 2.24) is 9.80 Å². The van der Waals surface area contributed by atoms with E-state index in [1.54, 1.807) is 16.7 Å². The number of nitrogens with zero attached hydrogens (tertiary/aromatic N) is 2. The SMILES string of the molecule is CC(N)C(=O)N(C(C)C)C1CCN(C(=O)OC(C)(C)C)C1. The third-order valence-corrected chi connectivity index (χ3v) is 3.41. The predicted octanol–water partition coefficient (Wildman–Crippen LogP) is 1.58. The molecule has 2 amide bonds. The Morgan fingerprint density at radius 3 is 2.29 bits per heavy atom. The Kier molecular flexibility index (Phi) is 5.61. The molecule has 0 spiro atoms. The standard InChI is InChI=1S/C15H29N3O3/c1-10(2)18(13(19)11(3)16)12-7-8-17(9-12)14(20)21-15(4,5)6/h10-12H,7-9,16H2,1-6H3. The van der Waals surface area contributed by atoms with Crippen LogP contribution in [0.1, 0.15) is 48.0 Å². The molecule has 0 aromatic carbocycles. The van der Waals surface area contributed by atoms with Gasteiger partial charge < -0.3 is 20.3 Å². The summed E-state index contributed by atoms with van der Waals surface area (Å²) in [5.74, 6) is -0.0685. The number of ether oxygens (including phenoxy) is 1. The van der Waals surface area contributed by atoms with Gasteiger partial charge in [0, 0.05) is 19.1 Å². The Morgan fingerprint density at radius 2 is 1.86 bits per heavy atom. The molecule has 6 nitrogen and oxygen atoms in total. The molecule has 0 bridgehead atoms. The molecular formula is C15H29N3O3. The Bertz CT molecular complexity index is 388. The first kappa shape index (κ1) is 17.8. The van der Waals surface area contributed by atoms with Gasteiger partial charge in [-0.3, -0.25) is 4.79 Å². The van der Waals surface area contributed by atoms with Crippen LogP contribution in [0.15, 0.2) is 0 Å². The lowest BCUT2D eigenvalue weighted by molar-refractivity contribution is -0.136. The van der Waals surface area contributed by atoms with Crippen LogP contribution in [-0.2, 0) is 9.53 Å². The quantitative estimate of drug-likeness (QED) is 0.858. The second-order valence-electron chi connectivity index (χ2n) is 7.00. The van der Waals surface area contributed by atoms with Crippen molar-refractivity contribution in [3.8, 4) is 0 Å². The van der Waals surface area contributed by atoms with Gasteiger partial charge in [0.15, 0.2) is 0 Å². The van der Waals surface area contributed by atoms with Crippen LogP contribution in [0.5, 0.6) is 0 Å². The van der Waals surface area contributed by atoms with E-state index in [2.05, 4.69) is 0 Å². The fourth-order valence-electron chi connectivity index (χ4n) is 2.55. The molecule has 2 unspecified atom stereocenters. The van der Waals surface area contributed by atoms with Crippen LogP contribution in [0.25, 0.3) is 0 Å². The smallest absolute Gasteiger partial charge is 0.410 e. The molecule has 1 rings (SSSR count). The number of likely N-dealkylation sites (tertiary alicyclic amines) is 1. The number of nitrogens with two attached hydrogens (primary N) is 1. The van der Waals surface area contributed by atoms with Gasteiger partial charge in [0.1, 0.15) is 5.60 Å². The molecular weight excluding hydrogens is 270 g/mol. The minimum absolute atomic E-state index is 0.0102. The minimum Gasteiger partial charge on any atom is -0.444 e. The average molecular weight is 299 g/mol. The van der Waals surface area contributed by atoms with Crippen LogP contribution < -0.4 is 5.73 Å². The zero-order valence-corrected chi connectivity index (χ0v) is 14.0. The molecule has 0 aromatic heterocycles. The van der Waals surface area contributed by atoms with E-state index in [1.807, 2.05) is 34.6 Å². The molecule has 0 radical (unpaired) electrons. The topological polar surface area (TPSA) is 75.9 Å². The van der Waals surface area contributed by atoms with Crippen molar-refractivity contribution in [2.45, 2.75) is 71.7 Å². The molecule has 6 heteroatoms. The van der Waals surface area contributed by atoms with E-state index in [4.69, 9.17) is 10.5 Å². The van der Waals surface area contributed by atoms with Gasteiger partial charge in [0.25, 0.3) is 0 Å². The maximum atomic E-state index is 12.2. The number of amides is 2. The molecule has 1 saturated heterocycles. The van der Waals surface area contributed by atoms with E-state index < -0.39 is 11.6 Å². The maximum Gasteiger partial charge on any atom is 0.410 e. The summed E-state index contributed by atoms with van der Waals surface area (Å²) >= 11 is 0. The van der Waals surface area contributed by atoms with E-state index in [0.717, 1.165) is 6.42 Å². The Morgan fingerprint density at radius 1 is 1.29 bits per heavy atom. The summed E-state index contributed by atoms with van der Waals surface area (Å²) in [6.45, 7) is 12.3. The van der Waals surface area contributed by atoms with Gasteiger partial charge in [-0.2, -0.15) is 0 Å². The largest absolute Gasteiger partial charge is 0.444 e. The lowest BCUT2D eigenvalue weighted by Crippen LogP contribution is -2.52. The molecule has 1 aliphatic heterocycles. The molecule has 2 N–H and O–H groups in total. The van der Waals surface area contributed by atoms with Crippen LogP contribution in [0, 0.1) is 0 Å². The zero-order valence-electron chi connectivity index (χ0n) is 14.0. The van der Waals surface area contributed by atoms with Gasteiger partial charge in [0.2, 0.25) is 5.91 Å². The van der Waals surface area contributed by atoms with E-state index >= 15 is 0 Å². The summed E-state index contributed by atoms with van der Waals surface area (Å²) < 4.78 is 5.38. The second-order valence-corrected chi connectivity index (χ2v) is 7.00. The van der Waals surface area contributed by atoms with Crippen LogP contribution in [0.3, 0.4) is 0 Å². The van der Waals surface area contributed by atoms with Crippen LogP contribution >= 0.6 is 0 Å². The molecule has 1 aliphatic rings. The Hall–Kier alpha value is -1.30. The minimum atomic E-state index is -0.525. The number of hydrogen-bond acceptors (Lipinski definition) is 4. The second kappa shape index (κ2) is 6.64. The monoisotopic (exact) mass is 299 g/mol. The molecule has 0 aliphatic carbocycles. The predicted molar refractivity (Wildman–Crippen MR) is 81.8 cm³/mol. The number of carbonyl (C=O) groups is 2. The highest BCUT2D eigenvalue weighted by Crippen LogP contribution is 2.21. The van der Waals surface area contributed by atoms with E-state index in [-0.39, 0.29) is 24.1 Å². The van der Waals surface area contributed by atoms with Gasteiger partial charge in [-0.1, -0.05) is 0 Å². The van der Waals surface area contributed by atoms with Crippen molar-refractivity contribution >= 4 is 12.0 Å². The number of hydrogen-bond donors (Lipinski definition) is 1. The van der Waals surface area contributed by atoms with Crippen LogP contribution in [-0.4, -0.2) is 58.6 Å². The third kappa shape index (κ3) is 4.88. The molecule has 122 valence electrons. The molecule has 0 saturated carbocycles. The zero-order chi connectivity index (χ0) is 16.4. The van der Waals surface area contributed by atoms with Crippen molar-refractivity contribution < 1.29 is 14.3 Å². The third-order valence-electron chi connectivity index (χ3n) is 3.41. The highest BCUT2D eigenvalue weighted by molar-refractivity contribution is 5.82. The molecule has 2 atom stereocenters. The fraction of sp³-hybridized carbons (Fsp3) is 0.867. The molecule has 1 fully saturated rings. The van der Waals surface area contributed by atoms with Gasteiger partial charge in [-0.25, -0.2) is 4.79 Å². The van der Waals surface area contributed by atoms with Crippen molar-refractivity contribution in [1.29, 1.82) is 0 Å². The Labute approximate surface area is 127 Å². The van der Waals surface area contributed by atoms with Gasteiger partial charge in [-0.05, 0) is 48.0 Å². The molecule has 0 aromatic rings. The first-order chi connectivity index (χ1) is 9.53. The lowest BCUT2D eigenvalue weighted by atomic mass is 10.1. The number of rotatable bonds is 3. The van der Waals surface area contributed by atoms with Crippen molar-refractivity contribution in [3.63, 3.8) is 0 Å². The summed E-state index contributed by atoms with van der Waals surface area (Å²) in [4.78, 5) is 27.8. The Balaban J connectivity index is 2.71. The van der Waals surface area contributed by atoms with Gasteiger partial charge >= 0.3 is 6.09 Å². The van der Waals surface area contributed by atoms with Crippen molar-refractivity contribution in [2.75, 3.05) is 13.1 Å². The number of carbonyl (C=O) groups excluding carboxylic acids is 2. The van der Waals surface area contributed by atoms with E-state index in [0.29, 0.717) is 13.1 Å². The van der Waals surface area contributed by atoms with Crippen molar-refractivity contribution in [3.05, 3.63) is 0 Å². The lowest BCUT2D eigenvalue weighted by Gasteiger charge is -2.34. The van der Waals surface area contributed by atoms with E-state index in [9.17, 15) is 9.59 Å². The van der Waals surface area contributed by atoms with Crippen LogP contribution in [0.4, 0.5) is 4.79 Å². The molecule has 1 heterocycles. The molecule has 21 heavy (non-hydrogen) atoms. The summed E-state index contributed by atoms with van der Waals surface area (Å²) in [5, 5.41) is 0. The first-order valence-corrected chi connectivity index (χ1v) is 7.58. The van der Waals surface area contributed by atoms with Gasteiger partial charge in [-0.15, -0.1) is 0 Å². The van der Waals surface area contributed by atoms with Crippen LogP contribution in [0.2, 0.25) is 0 Å².